The van der Waals surface area contributed by atoms with Gasteiger partial charge in [-0.25, -0.2) is 4.98 Å². The van der Waals surface area contributed by atoms with Crippen LogP contribution in [0.4, 0.5) is 0 Å². The van der Waals surface area contributed by atoms with Gasteiger partial charge in [-0.15, -0.1) is 0 Å². The Morgan fingerprint density at radius 1 is 1.30 bits per heavy atom. The van der Waals surface area contributed by atoms with E-state index in [9.17, 15) is 4.79 Å². The Hall–Kier alpha value is -2.21. The molecule has 1 amide bonds. The van der Waals surface area contributed by atoms with Crippen LogP contribution in [0.3, 0.4) is 0 Å². The first kappa shape index (κ1) is 17.1. The molecule has 0 bridgehead atoms. The number of H-pyrrole nitrogens is 1. The van der Waals surface area contributed by atoms with Crippen LogP contribution in [0.15, 0.2) is 18.2 Å². The van der Waals surface area contributed by atoms with Crippen molar-refractivity contribution in [2.75, 3.05) is 13.6 Å². The van der Waals surface area contributed by atoms with Crippen LogP contribution in [-0.4, -0.2) is 39.6 Å². The summed E-state index contributed by atoms with van der Waals surface area (Å²) in [4.78, 5) is 18.3. The molecule has 1 aromatic heterocycles. The van der Waals surface area contributed by atoms with Gasteiger partial charge in [0.1, 0.15) is 5.82 Å². The fraction of sp³-hybridized carbons (Fsp3) is 0.471. The molecule has 124 valence electrons. The van der Waals surface area contributed by atoms with Gasteiger partial charge >= 0.3 is 0 Å². The van der Waals surface area contributed by atoms with E-state index >= 15 is 0 Å². The average Bonchev–Trinajstić information content (AvgIpc) is 2.86. The maximum Gasteiger partial charge on any atom is 0.234 e. The van der Waals surface area contributed by atoms with E-state index < -0.39 is 0 Å². The number of nitrogens with one attached hydrogen (secondary N) is 2. The van der Waals surface area contributed by atoms with Crippen LogP contribution in [0.1, 0.15) is 41.3 Å². The summed E-state index contributed by atoms with van der Waals surface area (Å²) < 4.78 is 0. The molecule has 0 aliphatic carbocycles. The van der Waals surface area contributed by atoms with Crippen LogP contribution in [0.2, 0.25) is 0 Å². The van der Waals surface area contributed by atoms with Crippen molar-refractivity contribution in [3.63, 3.8) is 0 Å². The quantitative estimate of drug-likeness (QED) is 0.855. The first-order valence-corrected chi connectivity index (χ1v) is 7.78. The van der Waals surface area contributed by atoms with Crippen molar-refractivity contribution >= 4 is 5.91 Å². The summed E-state index contributed by atoms with van der Waals surface area (Å²) in [5.74, 6) is 1.46. The standard InChI is InChI=1S/C17H25N5O/c1-11-6-7-15(8-12(11)2)13(3)18-17(23)10-22(5)9-16-19-14(4)20-21-16/h6-8,13H,9-10H2,1-5H3,(H,18,23)(H,19,20,21)/t13-/m0/s1. The lowest BCUT2D eigenvalue weighted by Gasteiger charge is -2.19. The zero-order valence-corrected chi connectivity index (χ0v) is 14.5. The van der Waals surface area contributed by atoms with Gasteiger partial charge in [-0.3, -0.25) is 14.8 Å². The molecule has 2 N–H and O–H groups in total. The molecule has 2 aromatic rings. The summed E-state index contributed by atoms with van der Waals surface area (Å²) in [6, 6.07) is 6.26. The maximum atomic E-state index is 12.2. The molecule has 0 saturated carbocycles. The van der Waals surface area contributed by atoms with E-state index in [-0.39, 0.29) is 11.9 Å². The summed E-state index contributed by atoms with van der Waals surface area (Å²) in [7, 11) is 1.88. The minimum atomic E-state index is -0.0130. The van der Waals surface area contributed by atoms with E-state index in [2.05, 4.69) is 52.5 Å². The molecule has 0 saturated heterocycles. The summed E-state index contributed by atoms with van der Waals surface area (Å²) in [5, 5.41) is 9.92. The third-order valence-corrected chi connectivity index (χ3v) is 3.88. The van der Waals surface area contributed by atoms with Crippen LogP contribution >= 0.6 is 0 Å². The van der Waals surface area contributed by atoms with Crippen molar-refractivity contribution in [2.24, 2.45) is 0 Å². The summed E-state index contributed by atoms with van der Waals surface area (Å²) in [5.41, 5.74) is 3.61. The van der Waals surface area contributed by atoms with E-state index in [0.717, 1.165) is 11.4 Å². The number of carbonyl (C=O) groups excluding carboxylic acids is 1. The first-order valence-electron chi connectivity index (χ1n) is 7.78. The van der Waals surface area contributed by atoms with Crippen molar-refractivity contribution in [3.05, 3.63) is 46.5 Å². The molecule has 6 heteroatoms. The Morgan fingerprint density at radius 3 is 2.65 bits per heavy atom. The number of benzene rings is 1. The van der Waals surface area contributed by atoms with E-state index in [1.807, 2.05) is 25.8 Å². The first-order chi connectivity index (χ1) is 10.8. The highest BCUT2D eigenvalue weighted by molar-refractivity contribution is 5.78. The Bertz CT molecular complexity index is 679. The van der Waals surface area contributed by atoms with Gasteiger partial charge in [0.05, 0.1) is 19.1 Å². The maximum absolute atomic E-state index is 12.2. The molecule has 6 nitrogen and oxygen atoms in total. The Morgan fingerprint density at radius 2 is 2.04 bits per heavy atom. The fourth-order valence-electron chi connectivity index (χ4n) is 2.41. The van der Waals surface area contributed by atoms with E-state index in [0.29, 0.717) is 18.9 Å². The van der Waals surface area contributed by atoms with E-state index in [4.69, 9.17) is 0 Å². The van der Waals surface area contributed by atoms with Gasteiger partial charge < -0.3 is 5.32 Å². The smallest absolute Gasteiger partial charge is 0.234 e. The largest absolute Gasteiger partial charge is 0.348 e. The second kappa shape index (κ2) is 7.37. The highest BCUT2D eigenvalue weighted by atomic mass is 16.2. The Labute approximate surface area is 137 Å². The number of likely N-dealkylation sites (N-methyl/N-ethyl adjacent to an activating group) is 1. The van der Waals surface area contributed by atoms with Gasteiger partial charge in [0.25, 0.3) is 0 Å². The van der Waals surface area contributed by atoms with Crippen molar-refractivity contribution in [1.82, 2.24) is 25.4 Å². The molecular formula is C17H25N5O. The lowest BCUT2D eigenvalue weighted by Crippen LogP contribution is -2.36. The monoisotopic (exact) mass is 315 g/mol. The second-order valence-corrected chi connectivity index (χ2v) is 6.14. The predicted octanol–water partition coefficient (Wildman–Crippen LogP) is 2.04. The molecule has 0 fully saturated rings. The van der Waals surface area contributed by atoms with E-state index in [1.54, 1.807) is 0 Å². The third kappa shape index (κ3) is 4.89. The molecule has 0 aliphatic heterocycles. The number of hydrogen-bond donors (Lipinski definition) is 2. The van der Waals surface area contributed by atoms with Crippen molar-refractivity contribution < 1.29 is 4.79 Å². The molecule has 23 heavy (non-hydrogen) atoms. The van der Waals surface area contributed by atoms with Crippen molar-refractivity contribution in [1.29, 1.82) is 0 Å². The number of aryl methyl sites for hydroxylation is 3. The minimum Gasteiger partial charge on any atom is -0.348 e. The summed E-state index contributed by atoms with van der Waals surface area (Å²) >= 11 is 0. The number of hydrogen-bond acceptors (Lipinski definition) is 4. The van der Waals surface area contributed by atoms with Crippen molar-refractivity contribution in [3.8, 4) is 0 Å². The normalized spacial score (nSPS) is 12.4. The number of aromatic nitrogens is 3. The highest BCUT2D eigenvalue weighted by Crippen LogP contribution is 2.16. The number of amides is 1. The SMILES string of the molecule is Cc1nc(CN(C)CC(=O)N[C@@H](C)c2ccc(C)c(C)c2)n[nH]1. The Kier molecular flexibility index (Phi) is 5.50. The number of rotatable bonds is 6. The molecule has 1 atom stereocenters. The minimum absolute atomic E-state index is 0.00881. The second-order valence-electron chi connectivity index (χ2n) is 6.14. The molecular weight excluding hydrogens is 290 g/mol. The number of nitrogens with zero attached hydrogens (tertiary/aromatic N) is 3. The zero-order valence-electron chi connectivity index (χ0n) is 14.5. The molecule has 1 heterocycles. The van der Waals surface area contributed by atoms with Gasteiger partial charge in [-0.2, -0.15) is 5.10 Å². The Balaban J connectivity index is 1.86. The highest BCUT2D eigenvalue weighted by Gasteiger charge is 2.13. The third-order valence-electron chi connectivity index (χ3n) is 3.88. The van der Waals surface area contributed by atoms with Crippen LogP contribution < -0.4 is 5.32 Å². The van der Waals surface area contributed by atoms with Gasteiger partial charge in [0.2, 0.25) is 5.91 Å². The van der Waals surface area contributed by atoms with Gasteiger partial charge in [0, 0.05) is 0 Å². The molecule has 1 aromatic carbocycles. The van der Waals surface area contributed by atoms with Gasteiger partial charge in [0.15, 0.2) is 5.82 Å². The molecule has 2 rings (SSSR count). The molecule has 0 radical (unpaired) electrons. The van der Waals surface area contributed by atoms with Gasteiger partial charge in [-0.1, -0.05) is 18.2 Å². The lowest BCUT2D eigenvalue weighted by molar-refractivity contribution is -0.122. The van der Waals surface area contributed by atoms with Crippen molar-refractivity contribution in [2.45, 2.75) is 40.3 Å². The molecule has 0 unspecified atom stereocenters. The van der Waals surface area contributed by atoms with Crippen LogP contribution in [0.25, 0.3) is 0 Å². The topological polar surface area (TPSA) is 73.9 Å². The van der Waals surface area contributed by atoms with Crippen LogP contribution in [0, 0.1) is 20.8 Å². The average molecular weight is 315 g/mol. The van der Waals surface area contributed by atoms with Crippen LogP contribution in [-0.2, 0) is 11.3 Å². The summed E-state index contributed by atoms with van der Waals surface area (Å²) in [6.45, 7) is 8.87. The molecule has 0 spiro atoms. The lowest BCUT2D eigenvalue weighted by atomic mass is 10.0. The predicted molar refractivity (Wildman–Crippen MR) is 89.9 cm³/mol. The van der Waals surface area contributed by atoms with Crippen LogP contribution in [0.5, 0.6) is 0 Å². The van der Waals surface area contributed by atoms with E-state index in [1.165, 1.54) is 11.1 Å². The zero-order chi connectivity index (χ0) is 17.0. The number of carbonyl (C=O) groups is 1. The fourth-order valence-corrected chi connectivity index (χ4v) is 2.41. The summed E-state index contributed by atoms with van der Waals surface area (Å²) in [6.07, 6.45) is 0. The number of aromatic amines is 1. The molecule has 0 aliphatic rings. The van der Waals surface area contributed by atoms with Gasteiger partial charge in [-0.05, 0) is 51.4 Å².